The first-order chi connectivity index (χ1) is 15.6. The van der Waals surface area contributed by atoms with Gasteiger partial charge in [-0.2, -0.15) is 0 Å². The van der Waals surface area contributed by atoms with E-state index in [0.717, 1.165) is 0 Å². The zero-order valence-corrected chi connectivity index (χ0v) is 22.8. The standard InChI is InChI=1S/C26H38N2O5Si/c1-24(2,3)18-16-26(33-34(7)8,28(17-18)23(31)32-25(4,5)6)14-11-15-27-21(29)19-12-9-10-13-20(19)22(27)30/h9-14,18,34H,15-17H2,1-8H3/t18-,26+/m0/s1. The van der Waals surface area contributed by atoms with E-state index in [1.807, 2.05) is 26.8 Å². The minimum Gasteiger partial charge on any atom is -0.444 e. The van der Waals surface area contributed by atoms with Gasteiger partial charge in [-0.15, -0.1) is 0 Å². The quantitative estimate of drug-likeness (QED) is 0.338. The Hall–Kier alpha value is -2.45. The van der Waals surface area contributed by atoms with Crippen LogP contribution in [-0.2, 0) is 9.16 Å². The zero-order valence-electron chi connectivity index (χ0n) is 21.7. The number of amides is 3. The van der Waals surface area contributed by atoms with Crippen LogP contribution in [0.3, 0.4) is 0 Å². The molecule has 0 spiro atoms. The SMILES string of the molecule is C[SiH](C)O[C@]1(C=CCN2C(=O)c3ccccc3C2=O)C[C@H](C(C)(C)C)CN1C(=O)OC(C)(C)C. The first-order valence-electron chi connectivity index (χ1n) is 12.0. The van der Waals surface area contributed by atoms with Gasteiger partial charge in [-0.05, 0) is 63.4 Å². The Morgan fingerprint density at radius 2 is 1.65 bits per heavy atom. The fraction of sp³-hybridized carbons (Fsp3) is 0.577. The van der Waals surface area contributed by atoms with Gasteiger partial charge >= 0.3 is 6.09 Å². The van der Waals surface area contributed by atoms with Crippen LogP contribution < -0.4 is 0 Å². The lowest BCUT2D eigenvalue weighted by Crippen LogP contribution is -2.51. The van der Waals surface area contributed by atoms with Crippen LogP contribution >= 0.6 is 0 Å². The molecule has 0 bridgehead atoms. The Bertz CT molecular complexity index is 957. The van der Waals surface area contributed by atoms with E-state index in [2.05, 4.69) is 33.9 Å². The number of hydrogen-bond acceptors (Lipinski definition) is 5. The minimum absolute atomic E-state index is 0.0414. The highest BCUT2D eigenvalue weighted by atomic mass is 28.3. The molecule has 2 heterocycles. The van der Waals surface area contributed by atoms with Crippen molar-refractivity contribution in [2.75, 3.05) is 13.1 Å². The topological polar surface area (TPSA) is 76.2 Å². The maximum atomic E-state index is 13.3. The Morgan fingerprint density at radius 3 is 2.12 bits per heavy atom. The van der Waals surface area contributed by atoms with Crippen molar-refractivity contribution in [3.63, 3.8) is 0 Å². The van der Waals surface area contributed by atoms with Crippen LogP contribution in [0.4, 0.5) is 4.79 Å². The van der Waals surface area contributed by atoms with Gasteiger partial charge < -0.3 is 9.16 Å². The van der Waals surface area contributed by atoms with Gasteiger partial charge in [-0.1, -0.05) is 39.0 Å². The summed E-state index contributed by atoms with van der Waals surface area (Å²) in [4.78, 5) is 41.7. The van der Waals surface area contributed by atoms with Gasteiger partial charge in [0, 0.05) is 19.5 Å². The number of likely N-dealkylation sites (tertiary alicyclic amines) is 1. The molecule has 0 saturated carbocycles. The summed E-state index contributed by atoms with van der Waals surface area (Å²) < 4.78 is 12.3. The summed E-state index contributed by atoms with van der Waals surface area (Å²) in [6.45, 7) is 16.8. The van der Waals surface area contributed by atoms with Crippen LogP contribution in [0.15, 0.2) is 36.4 Å². The molecule has 3 amide bonds. The molecule has 1 aromatic carbocycles. The third kappa shape index (κ3) is 5.44. The monoisotopic (exact) mass is 486 g/mol. The molecule has 0 unspecified atom stereocenters. The van der Waals surface area contributed by atoms with Gasteiger partial charge in [-0.25, -0.2) is 4.79 Å². The Balaban J connectivity index is 1.91. The predicted octanol–water partition coefficient (Wildman–Crippen LogP) is 4.84. The summed E-state index contributed by atoms with van der Waals surface area (Å²) >= 11 is 0. The fourth-order valence-electron chi connectivity index (χ4n) is 4.49. The fourth-order valence-corrected chi connectivity index (χ4v) is 5.61. The molecule has 0 aliphatic carbocycles. The van der Waals surface area contributed by atoms with Crippen LogP contribution in [0.1, 0.15) is 68.7 Å². The van der Waals surface area contributed by atoms with E-state index in [0.29, 0.717) is 24.1 Å². The van der Waals surface area contributed by atoms with Crippen LogP contribution in [0.5, 0.6) is 0 Å². The number of imide groups is 1. The normalized spacial score (nSPS) is 23.4. The molecule has 0 aromatic heterocycles. The second-order valence-electron chi connectivity index (χ2n) is 11.5. The van der Waals surface area contributed by atoms with E-state index in [1.165, 1.54) is 4.90 Å². The smallest absolute Gasteiger partial charge is 0.412 e. The summed E-state index contributed by atoms with van der Waals surface area (Å²) in [7, 11) is -1.60. The molecule has 7 nitrogen and oxygen atoms in total. The number of hydrogen-bond donors (Lipinski definition) is 0. The summed E-state index contributed by atoms with van der Waals surface area (Å²) in [5.41, 5.74) is -0.808. The molecular formula is C26H38N2O5Si. The third-order valence-corrected chi connectivity index (χ3v) is 7.10. The predicted molar refractivity (Wildman–Crippen MR) is 134 cm³/mol. The van der Waals surface area contributed by atoms with Gasteiger partial charge in [0.25, 0.3) is 11.8 Å². The first-order valence-corrected chi connectivity index (χ1v) is 14.7. The van der Waals surface area contributed by atoms with E-state index in [-0.39, 0.29) is 29.7 Å². The highest BCUT2D eigenvalue weighted by Crippen LogP contribution is 2.44. The maximum Gasteiger partial charge on any atom is 0.412 e. The van der Waals surface area contributed by atoms with Crippen molar-refractivity contribution in [3.05, 3.63) is 47.5 Å². The maximum absolute atomic E-state index is 13.3. The molecule has 1 fully saturated rings. The summed E-state index contributed by atoms with van der Waals surface area (Å²) in [5, 5.41) is 0. The summed E-state index contributed by atoms with van der Waals surface area (Å²) in [5.74, 6) is -0.417. The molecule has 8 heteroatoms. The highest BCUT2D eigenvalue weighted by Gasteiger charge is 2.52. The Kier molecular flexibility index (Phi) is 7.16. The molecule has 2 atom stereocenters. The van der Waals surface area contributed by atoms with Crippen LogP contribution in [-0.4, -0.2) is 61.2 Å². The zero-order chi connectivity index (χ0) is 25.5. The molecule has 0 radical (unpaired) electrons. The minimum atomic E-state index is -1.60. The summed E-state index contributed by atoms with van der Waals surface area (Å²) in [6, 6.07) is 6.85. The number of carbonyl (C=O) groups excluding carboxylic acids is 3. The molecule has 2 aliphatic rings. The molecule has 1 saturated heterocycles. The first kappa shape index (κ1) is 26.2. The van der Waals surface area contributed by atoms with Gasteiger partial charge in [0.2, 0.25) is 0 Å². The van der Waals surface area contributed by atoms with E-state index < -0.39 is 26.5 Å². The van der Waals surface area contributed by atoms with Gasteiger partial charge in [0.15, 0.2) is 14.8 Å². The molecule has 3 rings (SSSR count). The Labute approximate surface area is 204 Å². The summed E-state index contributed by atoms with van der Waals surface area (Å²) in [6.07, 6.45) is 3.85. The van der Waals surface area contributed by atoms with Crippen molar-refractivity contribution in [2.24, 2.45) is 11.3 Å². The number of benzene rings is 1. The van der Waals surface area contributed by atoms with Gasteiger partial charge in [0.05, 0.1) is 11.1 Å². The molecule has 1 aromatic rings. The Morgan fingerprint density at radius 1 is 1.09 bits per heavy atom. The van der Waals surface area contributed by atoms with Crippen molar-refractivity contribution in [1.82, 2.24) is 9.80 Å². The van der Waals surface area contributed by atoms with Crippen LogP contribution in [0.2, 0.25) is 13.1 Å². The number of ether oxygens (including phenoxy) is 1. The highest BCUT2D eigenvalue weighted by molar-refractivity contribution is 6.48. The average molecular weight is 487 g/mol. The average Bonchev–Trinajstić information content (AvgIpc) is 3.18. The number of fused-ring (bicyclic) bond motifs is 1. The van der Waals surface area contributed by atoms with Crippen LogP contribution in [0.25, 0.3) is 0 Å². The van der Waals surface area contributed by atoms with E-state index >= 15 is 0 Å². The molecule has 34 heavy (non-hydrogen) atoms. The number of rotatable bonds is 5. The lowest BCUT2D eigenvalue weighted by Gasteiger charge is -2.38. The van der Waals surface area contributed by atoms with Crippen molar-refractivity contribution in [1.29, 1.82) is 0 Å². The van der Waals surface area contributed by atoms with Gasteiger partial charge in [-0.3, -0.25) is 19.4 Å². The van der Waals surface area contributed by atoms with E-state index in [4.69, 9.17) is 9.16 Å². The second-order valence-corrected chi connectivity index (χ2v) is 13.9. The molecular weight excluding hydrogens is 448 g/mol. The van der Waals surface area contributed by atoms with E-state index in [9.17, 15) is 14.4 Å². The lowest BCUT2D eigenvalue weighted by atomic mass is 9.79. The van der Waals surface area contributed by atoms with Crippen molar-refractivity contribution in [2.45, 2.75) is 72.4 Å². The number of carbonyl (C=O) groups is 3. The second kappa shape index (κ2) is 9.30. The van der Waals surface area contributed by atoms with E-state index in [1.54, 1.807) is 35.2 Å². The van der Waals surface area contributed by atoms with Gasteiger partial charge in [0.1, 0.15) is 5.60 Å². The number of nitrogens with zero attached hydrogens (tertiary/aromatic N) is 2. The largest absolute Gasteiger partial charge is 0.444 e. The van der Waals surface area contributed by atoms with Crippen molar-refractivity contribution >= 4 is 26.9 Å². The molecule has 186 valence electrons. The van der Waals surface area contributed by atoms with Crippen LogP contribution in [0, 0.1) is 11.3 Å². The lowest BCUT2D eigenvalue weighted by molar-refractivity contribution is -0.0397. The van der Waals surface area contributed by atoms with Crippen molar-refractivity contribution in [3.8, 4) is 0 Å². The molecule has 2 aliphatic heterocycles. The molecule has 0 N–H and O–H groups in total. The van der Waals surface area contributed by atoms with Crippen molar-refractivity contribution < 1.29 is 23.5 Å². The third-order valence-electron chi connectivity index (χ3n) is 6.22.